The molecule has 2 aliphatic rings. The third kappa shape index (κ3) is 2.81. The van der Waals surface area contributed by atoms with E-state index in [-0.39, 0.29) is 12.9 Å². The molecule has 2 aliphatic heterocycles. The van der Waals surface area contributed by atoms with Crippen LogP contribution in [0.1, 0.15) is 22.3 Å². The summed E-state index contributed by atoms with van der Waals surface area (Å²) in [4.78, 5) is 18.8. The van der Waals surface area contributed by atoms with Gasteiger partial charge in [0.1, 0.15) is 0 Å². The highest BCUT2D eigenvalue weighted by Crippen LogP contribution is 2.33. The third-order valence-electron chi connectivity index (χ3n) is 5.35. The highest BCUT2D eigenvalue weighted by atomic mass is 16.7. The van der Waals surface area contributed by atoms with Gasteiger partial charge in [-0.15, -0.1) is 0 Å². The number of nitrogens with zero attached hydrogens (tertiary/aromatic N) is 2. The van der Waals surface area contributed by atoms with E-state index in [0.29, 0.717) is 25.4 Å². The Morgan fingerprint density at radius 2 is 1.86 bits per heavy atom. The predicted molar refractivity (Wildman–Crippen MR) is 104 cm³/mol. The average molecular weight is 376 g/mol. The van der Waals surface area contributed by atoms with E-state index in [2.05, 4.69) is 24.0 Å². The van der Waals surface area contributed by atoms with Crippen LogP contribution in [0.25, 0.3) is 10.9 Å². The summed E-state index contributed by atoms with van der Waals surface area (Å²) in [5.41, 5.74) is 5.15. The van der Waals surface area contributed by atoms with Crippen molar-refractivity contribution in [3.8, 4) is 17.4 Å². The van der Waals surface area contributed by atoms with Gasteiger partial charge >= 0.3 is 6.09 Å². The maximum atomic E-state index is 12.5. The number of amides is 1. The molecule has 0 saturated heterocycles. The Hall–Kier alpha value is -3.28. The van der Waals surface area contributed by atoms with Crippen LogP contribution in [0.5, 0.6) is 17.4 Å². The number of aromatic nitrogens is 1. The summed E-state index contributed by atoms with van der Waals surface area (Å²) in [6.07, 6.45) is 0.352. The van der Waals surface area contributed by atoms with Crippen molar-refractivity contribution in [3.05, 3.63) is 58.7 Å². The van der Waals surface area contributed by atoms with Gasteiger partial charge in [0.15, 0.2) is 11.5 Å². The third-order valence-corrected chi connectivity index (χ3v) is 5.35. The first-order valence-electron chi connectivity index (χ1n) is 9.33. The molecule has 3 aromatic rings. The number of hydrogen-bond acceptors (Lipinski definition) is 5. The molecule has 1 aromatic heterocycles. The monoisotopic (exact) mass is 376 g/mol. The number of rotatable bonds is 3. The van der Waals surface area contributed by atoms with E-state index < -0.39 is 0 Å². The second-order valence-electron chi connectivity index (χ2n) is 7.28. The lowest BCUT2D eigenvalue weighted by atomic mass is 10.0. The fourth-order valence-electron chi connectivity index (χ4n) is 3.71. The van der Waals surface area contributed by atoms with Crippen LogP contribution in [0.4, 0.5) is 4.79 Å². The predicted octanol–water partition coefficient (Wildman–Crippen LogP) is 4.14. The van der Waals surface area contributed by atoms with Crippen LogP contribution in [0, 0.1) is 13.8 Å². The summed E-state index contributed by atoms with van der Waals surface area (Å²) < 4.78 is 16.3. The molecule has 0 bridgehead atoms. The minimum absolute atomic E-state index is 0.258. The summed E-state index contributed by atoms with van der Waals surface area (Å²) in [6.45, 7) is 5.40. The number of carbonyl (C=O) groups excluding carboxylic acids is 1. The molecule has 5 rings (SSSR count). The molecule has 0 aliphatic carbocycles. The van der Waals surface area contributed by atoms with Crippen molar-refractivity contribution in [3.63, 3.8) is 0 Å². The summed E-state index contributed by atoms with van der Waals surface area (Å²) in [6, 6.07) is 12.1. The second-order valence-corrected chi connectivity index (χ2v) is 7.28. The number of pyridine rings is 1. The molecule has 142 valence electrons. The lowest BCUT2D eigenvalue weighted by Crippen LogP contribution is -2.38. The van der Waals surface area contributed by atoms with Gasteiger partial charge in [-0.1, -0.05) is 18.2 Å². The smallest absolute Gasteiger partial charge is 0.416 e. The number of benzene rings is 2. The Labute approximate surface area is 162 Å². The minimum Gasteiger partial charge on any atom is -0.454 e. The first-order valence-corrected chi connectivity index (χ1v) is 9.33. The van der Waals surface area contributed by atoms with Gasteiger partial charge in [-0.25, -0.2) is 9.78 Å². The van der Waals surface area contributed by atoms with Crippen LogP contribution in [-0.4, -0.2) is 29.3 Å². The molecular weight excluding hydrogens is 356 g/mol. The highest BCUT2D eigenvalue weighted by Gasteiger charge is 2.27. The van der Waals surface area contributed by atoms with Crippen molar-refractivity contribution in [2.45, 2.75) is 26.8 Å². The molecule has 0 unspecified atom stereocenters. The van der Waals surface area contributed by atoms with E-state index in [1.807, 2.05) is 31.2 Å². The van der Waals surface area contributed by atoms with Crippen molar-refractivity contribution >= 4 is 17.0 Å². The highest BCUT2D eigenvalue weighted by molar-refractivity contribution is 5.87. The van der Waals surface area contributed by atoms with Crippen LogP contribution >= 0.6 is 0 Å². The first kappa shape index (κ1) is 16.9. The van der Waals surface area contributed by atoms with E-state index in [4.69, 9.17) is 14.2 Å². The Balaban J connectivity index is 1.38. The molecule has 6 nitrogen and oxygen atoms in total. The molecule has 0 spiro atoms. The average Bonchev–Trinajstić information content (AvgIpc) is 3.16. The van der Waals surface area contributed by atoms with Gasteiger partial charge < -0.3 is 19.1 Å². The molecule has 6 heteroatoms. The Bertz CT molecular complexity index is 1110. The van der Waals surface area contributed by atoms with Gasteiger partial charge in [0.2, 0.25) is 12.7 Å². The van der Waals surface area contributed by atoms with E-state index in [1.54, 1.807) is 4.90 Å². The molecule has 0 radical (unpaired) electrons. The van der Waals surface area contributed by atoms with Crippen LogP contribution in [0.15, 0.2) is 36.4 Å². The maximum absolute atomic E-state index is 12.5. The number of hydrogen-bond donors (Lipinski definition) is 0. The maximum Gasteiger partial charge on any atom is 0.416 e. The van der Waals surface area contributed by atoms with Crippen LogP contribution in [0.2, 0.25) is 0 Å². The van der Waals surface area contributed by atoms with E-state index in [9.17, 15) is 4.79 Å². The van der Waals surface area contributed by atoms with Crippen LogP contribution in [0.3, 0.4) is 0 Å². The first-order chi connectivity index (χ1) is 13.6. The van der Waals surface area contributed by atoms with E-state index in [1.165, 1.54) is 5.56 Å². The molecule has 0 saturated carbocycles. The SMILES string of the molecule is Cc1ccc(C)c2nc3c(cc12)CN(CCc1ccc2c(c1)OCO2)C(=O)O3. The van der Waals surface area contributed by atoms with Gasteiger partial charge in [0.05, 0.1) is 12.1 Å². The van der Waals surface area contributed by atoms with Gasteiger partial charge in [0.25, 0.3) is 0 Å². The molecule has 28 heavy (non-hydrogen) atoms. The number of ether oxygens (including phenoxy) is 3. The molecular formula is C22H20N2O4. The topological polar surface area (TPSA) is 60.9 Å². The fourth-order valence-corrected chi connectivity index (χ4v) is 3.71. The zero-order valence-corrected chi connectivity index (χ0v) is 15.8. The second kappa shape index (κ2) is 6.41. The Morgan fingerprint density at radius 3 is 2.75 bits per heavy atom. The summed E-state index contributed by atoms with van der Waals surface area (Å²) in [5.74, 6) is 1.94. The van der Waals surface area contributed by atoms with E-state index >= 15 is 0 Å². The van der Waals surface area contributed by atoms with Gasteiger partial charge in [-0.3, -0.25) is 0 Å². The molecule has 3 heterocycles. The summed E-state index contributed by atoms with van der Waals surface area (Å²) >= 11 is 0. The normalized spacial score (nSPS) is 14.9. The minimum atomic E-state index is -0.356. The van der Waals surface area contributed by atoms with Crippen molar-refractivity contribution in [2.75, 3.05) is 13.3 Å². The number of carbonyl (C=O) groups is 1. The Kier molecular flexibility index (Phi) is 3.86. The van der Waals surface area contributed by atoms with Crippen LogP contribution < -0.4 is 14.2 Å². The molecule has 0 N–H and O–H groups in total. The summed E-state index contributed by atoms with van der Waals surface area (Å²) in [7, 11) is 0. The molecule has 0 fully saturated rings. The van der Waals surface area contributed by atoms with Crippen molar-refractivity contribution < 1.29 is 19.0 Å². The van der Waals surface area contributed by atoms with Gasteiger partial charge in [-0.05, 0) is 55.2 Å². The zero-order valence-electron chi connectivity index (χ0n) is 15.8. The number of aryl methyl sites for hydroxylation is 2. The molecule has 0 atom stereocenters. The lowest BCUT2D eigenvalue weighted by Gasteiger charge is -2.27. The lowest BCUT2D eigenvalue weighted by molar-refractivity contribution is 0.137. The Morgan fingerprint density at radius 1 is 1.04 bits per heavy atom. The van der Waals surface area contributed by atoms with Gasteiger partial charge in [0, 0.05) is 17.5 Å². The van der Waals surface area contributed by atoms with E-state index in [0.717, 1.165) is 39.1 Å². The zero-order chi connectivity index (χ0) is 19.3. The van der Waals surface area contributed by atoms with Crippen molar-refractivity contribution in [2.24, 2.45) is 0 Å². The summed E-state index contributed by atoms with van der Waals surface area (Å²) in [5, 5.41) is 1.10. The van der Waals surface area contributed by atoms with Crippen LogP contribution in [-0.2, 0) is 13.0 Å². The van der Waals surface area contributed by atoms with Gasteiger partial charge in [-0.2, -0.15) is 0 Å². The quantitative estimate of drug-likeness (QED) is 0.688. The largest absolute Gasteiger partial charge is 0.454 e. The fraction of sp³-hybridized carbons (Fsp3) is 0.273. The van der Waals surface area contributed by atoms with Crippen molar-refractivity contribution in [1.82, 2.24) is 9.88 Å². The molecule has 2 aromatic carbocycles. The number of fused-ring (bicyclic) bond motifs is 3. The standard InChI is InChI=1S/C22H20N2O4/c1-13-3-4-14(2)20-17(13)10-16-11-24(22(25)28-21(16)23-20)8-7-15-5-6-18-19(9-15)27-12-26-18/h3-6,9-10H,7-8,11-12H2,1-2H3. The molecule has 1 amide bonds. The van der Waals surface area contributed by atoms with Crippen molar-refractivity contribution in [1.29, 1.82) is 0 Å².